The number of nitrogens with one attached hydrogen (secondary N) is 1. The van der Waals surface area contributed by atoms with Crippen molar-refractivity contribution in [2.45, 2.75) is 58.9 Å². The van der Waals surface area contributed by atoms with E-state index in [0.717, 1.165) is 42.4 Å². The van der Waals surface area contributed by atoms with Gasteiger partial charge in [0.05, 0.1) is 17.9 Å². The maximum absolute atomic E-state index is 12.5. The van der Waals surface area contributed by atoms with Crippen LogP contribution in [0, 0.1) is 25.7 Å². The number of hydrogen-bond acceptors (Lipinski definition) is 3. The molecule has 0 radical (unpaired) electrons. The molecule has 5 heteroatoms. The summed E-state index contributed by atoms with van der Waals surface area (Å²) < 4.78 is 0. The minimum Gasteiger partial charge on any atom is -0.350 e. The molecule has 0 aromatic heterocycles. The number of nitrogens with zero attached hydrogens (tertiary/aromatic N) is 1. The van der Waals surface area contributed by atoms with E-state index in [0.29, 0.717) is 0 Å². The summed E-state index contributed by atoms with van der Waals surface area (Å²) in [6.07, 6.45) is 3.80. The minimum absolute atomic E-state index is 0.0740. The van der Waals surface area contributed by atoms with Gasteiger partial charge in [-0.05, 0) is 44.7 Å². The van der Waals surface area contributed by atoms with Crippen LogP contribution in [0.4, 0.5) is 0 Å². The van der Waals surface area contributed by atoms with E-state index in [4.69, 9.17) is 0 Å². The topological polar surface area (TPSA) is 66.5 Å². The maximum atomic E-state index is 12.5. The van der Waals surface area contributed by atoms with Gasteiger partial charge in [-0.3, -0.25) is 19.3 Å². The van der Waals surface area contributed by atoms with Gasteiger partial charge in [-0.2, -0.15) is 0 Å². The van der Waals surface area contributed by atoms with Gasteiger partial charge in [0.2, 0.25) is 17.7 Å². The summed E-state index contributed by atoms with van der Waals surface area (Å²) in [6.45, 7) is 6.21. The third-order valence-electron chi connectivity index (χ3n) is 5.77. The first-order valence-corrected chi connectivity index (χ1v) is 9.60. The molecule has 140 valence electrons. The Hall–Kier alpha value is -2.17. The van der Waals surface area contributed by atoms with Crippen molar-refractivity contribution in [1.82, 2.24) is 10.2 Å². The highest BCUT2D eigenvalue weighted by Gasteiger charge is 2.47. The molecule has 1 aliphatic heterocycles. The van der Waals surface area contributed by atoms with Crippen LogP contribution in [0.3, 0.4) is 0 Å². The fourth-order valence-electron chi connectivity index (χ4n) is 4.28. The molecule has 3 atom stereocenters. The molecule has 2 fully saturated rings. The van der Waals surface area contributed by atoms with Crippen molar-refractivity contribution < 1.29 is 14.4 Å². The molecule has 1 heterocycles. The first-order chi connectivity index (χ1) is 12.4. The monoisotopic (exact) mass is 356 g/mol. The number of hydrogen-bond donors (Lipinski definition) is 1. The van der Waals surface area contributed by atoms with Crippen LogP contribution in [0.5, 0.6) is 0 Å². The van der Waals surface area contributed by atoms with Crippen LogP contribution in [-0.2, 0) is 14.4 Å². The molecular formula is C21H28N2O3. The Bertz CT molecular complexity index is 704. The molecule has 5 nitrogen and oxygen atoms in total. The van der Waals surface area contributed by atoms with Gasteiger partial charge in [-0.25, -0.2) is 0 Å². The zero-order valence-electron chi connectivity index (χ0n) is 15.9. The summed E-state index contributed by atoms with van der Waals surface area (Å²) in [6, 6.07) is 6.09. The fraction of sp³-hybridized carbons (Fsp3) is 0.571. The van der Waals surface area contributed by atoms with Gasteiger partial charge < -0.3 is 5.32 Å². The highest BCUT2D eigenvalue weighted by Crippen LogP contribution is 2.37. The van der Waals surface area contributed by atoms with E-state index in [1.165, 1.54) is 4.90 Å². The molecule has 3 amide bonds. The first kappa shape index (κ1) is 18.6. The molecule has 1 aromatic rings. The van der Waals surface area contributed by atoms with Crippen molar-refractivity contribution >= 4 is 17.7 Å². The standard InChI is InChI=1S/C21H28N2O3/c1-13-8-9-14(2)18(12-13)15(3)22-19(24)10-11-23-20(25)16-6-4-5-7-17(16)21(23)26/h8-9,12,15-17H,4-7,10-11H2,1-3H3,(H,22,24)/t15-,16-,17+/m0/s1. The molecule has 0 spiro atoms. The van der Waals surface area contributed by atoms with Crippen LogP contribution < -0.4 is 5.32 Å². The van der Waals surface area contributed by atoms with Crippen LogP contribution in [0.2, 0.25) is 0 Å². The Labute approximate surface area is 155 Å². The van der Waals surface area contributed by atoms with E-state index in [2.05, 4.69) is 23.5 Å². The second-order valence-electron chi connectivity index (χ2n) is 7.72. The number of imide groups is 1. The summed E-state index contributed by atoms with van der Waals surface area (Å²) in [5, 5.41) is 2.99. The lowest BCUT2D eigenvalue weighted by Gasteiger charge is -2.19. The van der Waals surface area contributed by atoms with E-state index in [-0.39, 0.29) is 48.6 Å². The van der Waals surface area contributed by atoms with Crippen molar-refractivity contribution in [3.8, 4) is 0 Å². The van der Waals surface area contributed by atoms with Gasteiger partial charge in [0, 0.05) is 13.0 Å². The maximum Gasteiger partial charge on any atom is 0.233 e. The minimum atomic E-state index is -0.145. The number of benzene rings is 1. The SMILES string of the molecule is Cc1ccc(C)c([C@H](C)NC(=O)CCN2C(=O)[C@H]3CCCC[C@H]3C2=O)c1. The highest BCUT2D eigenvalue weighted by atomic mass is 16.2. The van der Waals surface area contributed by atoms with Gasteiger partial charge in [-0.1, -0.05) is 36.6 Å². The summed E-state index contributed by atoms with van der Waals surface area (Å²) in [7, 11) is 0. The highest BCUT2D eigenvalue weighted by molar-refractivity contribution is 6.05. The van der Waals surface area contributed by atoms with Gasteiger partial charge >= 0.3 is 0 Å². The molecule has 0 unspecified atom stereocenters. The average Bonchev–Trinajstić information content (AvgIpc) is 2.86. The average molecular weight is 356 g/mol. The Morgan fingerprint density at radius 1 is 1.15 bits per heavy atom. The molecular weight excluding hydrogens is 328 g/mol. The van der Waals surface area contributed by atoms with E-state index in [1.807, 2.05) is 20.8 Å². The number of rotatable bonds is 5. The Kier molecular flexibility index (Phi) is 5.44. The summed E-state index contributed by atoms with van der Waals surface area (Å²) in [4.78, 5) is 38.6. The van der Waals surface area contributed by atoms with Crippen LogP contribution in [0.1, 0.15) is 61.8 Å². The van der Waals surface area contributed by atoms with E-state index < -0.39 is 0 Å². The van der Waals surface area contributed by atoms with Crippen molar-refractivity contribution in [2.75, 3.05) is 6.54 Å². The molecule has 1 aliphatic carbocycles. The second-order valence-corrected chi connectivity index (χ2v) is 7.72. The van der Waals surface area contributed by atoms with Crippen molar-refractivity contribution in [3.63, 3.8) is 0 Å². The molecule has 0 bridgehead atoms. The molecule has 3 rings (SSSR count). The summed E-state index contributed by atoms with van der Waals surface area (Å²) >= 11 is 0. The van der Waals surface area contributed by atoms with Gasteiger partial charge in [0.25, 0.3) is 0 Å². The largest absolute Gasteiger partial charge is 0.350 e. The molecule has 1 N–H and O–H groups in total. The van der Waals surface area contributed by atoms with Crippen LogP contribution in [0.25, 0.3) is 0 Å². The number of aryl methyl sites for hydroxylation is 2. The van der Waals surface area contributed by atoms with E-state index in [1.54, 1.807) is 0 Å². The Balaban J connectivity index is 1.56. The van der Waals surface area contributed by atoms with E-state index >= 15 is 0 Å². The lowest BCUT2D eigenvalue weighted by Crippen LogP contribution is -2.36. The molecule has 1 saturated carbocycles. The van der Waals surface area contributed by atoms with Gasteiger partial charge in [0.15, 0.2) is 0 Å². The predicted molar refractivity (Wildman–Crippen MR) is 99.3 cm³/mol. The number of carbonyl (C=O) groups excluding carboxylic acids is 3. The van der Waals surface area contributed by atoms with Crippen molar-refractivity contribution in [2.24, 2.45) is 11.8 Å². The quantitative estimate of drug-likeness (QED) is 0.825. The Morgan fingerprint density at radius 3 is 2.38 bits per heavy atom. The van der Waals surface area contributed by atoms with Crippen LogP contribution in [-0.4, -0.2) is 29.2 Å². The molecule has 1 aromatic carbocycles. The Morgan fingerprint density at radius 2 is 1.77 bits per heavy atom. The first-order valence-electron chi connectivity index (χ1n) is 9.60. The van der Waals surface area contributed by atoms with Crippen molar-refractivity contribution in [3.05, 3.63) is 34.9 Å². The fourth-order valence-corrected chi connectivity index (χ4v) is 4.28. The zero-order chi connectivity index (χ0) is 18.8. The van der Waals surface area contributed by atoms with Crippen LogP contribution in [0.15, 0.2) is 18.2 Å². The lowest BCUT2D eigenvalue weighted by atomic mass is 9.81. The number of likely N-dealkylation sites (tertiary alicyclic amines) is 1. The van der Waals surface area contributed by atoms with Crippen LogP contribution >= 0.6 is 0 Å². The second kappa shape index (κ2) is 7.60. The smallest absolute Gasteiger partial charge is 0.233 e. The summed E-state index contributed by atoms with van der Waals surface area (Å²) in [5.41, 5.74) is 3.39. The summed E-state index contributed by atoms with van der Waals surface area (Å²) in [5.74, 6) is -0.569. The third kappa shape index (κ3) is 3.67. The normalized spacial score (nSPS) is 23.7. The number of fused-ring (bicyclic) bond motifs is 1. The number of amides is 3. The predicted octanol–water partition coefficient (Wildman–Crippen LogP) is 3.05. The third-order valence-corrected chi connectivity index (χ3v) is 5.77. The molecule has 2 aliphatic rings. The van der Waals surface area contributed by atoms with E-state index in [9.17, 15) is 14.4 Å². The zero-order valence-corrected chi connectivity index (χ0v) is 15.9. The molecule has 1 saturated heterocycles. The number of carbonyl (C=O) groups is 3. The van der Waals surface area contributed by atoms with Crippen molar-refractivity contribution in [1.29, 1.82) is 0 Å². The van der Waals surface area contributed by atoms with Gasteiger partial charge in [-0.15, -0.1) is 0 Å². The molecule has 26 heavy (non-hydrogen) atoms. The van der Waals surface area contributed by atoms with Gasteiger partial charge in [0.1, 0.15) is 0 Å². The lowest BCUT2D eigenvalue weighted by molar-refractivity contribution is -0.140.